The number of rotatable bonds is 6. The van der Waals surface area contributed by atoms with Gasteiger partial charge in [0.15, 0.2) is 5.96 Å². The maximum atomic E-state index is 6.13. The van der Waals surface area contributed by atoms with Crippen LogP contribution in [-0.2, 0) is 13.1 Å². The summed E-state index contributed by atoms with van der Waals surface area (Å²) < 4.78 is 6.13. The molecule has 0 aromatic heterocycles. The molecule has 33 heavy (non-hydrogen) atoms. The van der Waals surface area contributed by atoms with E-state index in [2.05, 4.69) is 56.3 Å². The first-order valence-electron chi connectivity index (χ1n) is 12.4. The Hall–Kier alpha value is -2.57. The third-order valence-electron chi connectivity index (χ3n) is 6.69. The van der Waals surface area contributed by atoms with E-state index in [1.54, 1.807) is 0 Å². The molecule has 0 atom stereocenters. The maximum Gasteiger partial charge on any atom is 0.193 e. The molecule has 0 amide bonds. The van der Waals surface area contributed by atoms with Crippen molar-refractivity contribution in [2.45, 2.75) is 38.5 Å². The van der Waals surface area contributed by atoms with Crippen molar-refractivity contribution >= 4 is 5.96 Å². The highest BCUT2D eigenvalue weighted by Crippen LogP contribution is 2.19. The number of benzene rings is 2. The second-order valence-corrected chi connectivity index (χ2v) is 9.27. The molecule has 0 saturated carbocycles. The summed E-state index contributed by atoms with van der Waals surface area (Å²) in [5.74, 6) is 1.94. The molecular formula is C27H39N5O. The lowest BCUT2D eigenvalue weighted by Crippen LogP contribution is -2.47. The molecule has 0 radical (unpaired) electrons. The lowest BCUT2D eigenvalue weighted by atomic mass is 10.1. The number of nitrogens with one attached hydrogen (secondary N) is 1. The van der Waals surface area contributed by atoms with Crippen LogP contribution in [0, 0.1) is 0 Å². The predicted molar refractivity (Wildman–Crippen MR) is 136 cm³/mol. The predicted octanol–water partition coefficient (Wildman–Crippen LogP) is 3.44. The molecule has 2 aliphatic heterocycles. The Labute approximate surface area is 199 Å². The third-order valence-corrected chi connectivity index (χ3v) is 6.69. The number of piperidine rings is 1. The second-order valence-electron chi connectivity index (χ2n) is 9.27. The zero-order valence-electron chi connectivity index (χ0n) is 20.2. The number of hydrogen-bond acceptors (Lipinski definition) is 4. The van der Waals surface area contributed by atoms with Gasteiger partial charge in [0.2, 0.25) is 0 Å². The summed E-state index contributed by atoms with van der Waals surface area (Å²) in [5, 5.41) is 3.55. The highest BCUT2D eigenvalue weighted by molar-refractivity contribution is 5.80. The monoisotopic (exact) mass is 449 g/mol. The Morgan fingerprint density at radius 1 is 0.909 bits per heavy atom. The van der Waals surface area contributed by atoms with Gasteiger partial charge in [0.25, 0.3) is 0 Å². The van der Waals surface area contributed by atoms with Crippen LogP contribution in [0.1, 0.15) is 30.4 Å². The van der Waals surface area contributed by atoms with E-state index in [0.29, 0.717) is 0 Å². The van der Waals surface area contributed by atoms with Gasteiger partial charge in [0.1, 0.15) is 11.9 Å². The number of aliphatic imine (C=N–C) groups is 1. The Morgan fingerprint density at radius 2 is 1.64 bits per heavy atom. The van der Waals surface area contributed by atoms with Crippen molar-refractivity contribution in [3.63, 3.8) is 0 Å². The number of likely N-dealkylation sites (N-methyl/N-ethyl adjacent to an activating group) is 1. The average molecular weight is 450 g/mol. The zero-order chi connectivity index (χ0) is 22.9. The van der Waals surface area contributed by atoms with E-state index < -0.39 is 0 Å². The molecule has 2 saturated heterocycles. The quantitative estimate of drug-likeness (QED) is 0.541. The van der Waals surface area contributed by atoms with Gasteiger partial charge < -0.3 is 19.9 Å². The molecule has 0 spiro atoms. The average Bonchev–Trinajstić information content (AvgIpc) is 3.06. The molecule has 4 rings (SSSR count). The van der Waals surface area contributed by atoms with Gasteiger partial charge >= 0.3 is 0 Å². The third kappa shape index (κ3) is 7.21. The van der Waals surface area contributed by atoms with Crippen LogP contribution in [0.2, 0.25) is 0 Å². The normalized spacial score (nSPS) is 19.3. The second kappa shape index (κ2) is 12.1. The Balaban J connectivity index is 1.21. The summed E-state index contributed by atoms with van der Waals surface area (Å²) in [6.07, 6.45) is 3.55. The Bertz CT molecular complexity index is 862. The van der Waals surface area contributed by atoms with Gasteiger partial charge in [-0.15, -0.1) is 0 Å². The summed E-state index contributed by atoms with van der Waals surface area (Å²) in [6, 6.07) is 19.2. The summed E-state index contributed by atoms with van der Waals surface area (Å²) in [7, 11) is 4.09. The van der Waals surface area contributed by atoms with Crippen molar-refractivity contribution in [2.24, 2.45) is 4.99 Å². The van der Waals surface area contributed by atoms with Gasteiger partial charge in [0, 0.05) is 59.2 Å². The fourth-order valence-corrected chi connectivity index (χ4v) is 4.67. The molecule has 0 aliphatic carbocycles. The minimum absolute atomic E-state index is 0.277. The van der Waals surface area contributed by atoms with Crippen molar-refractivity contribution in [3.8, 4) is 5.75 Å². The van der Waals surface area contributed by atoms with Crippen LogP contribution in [0.5, 0.6) is 5.75 Å². The molecule has 6 heteroatoms. The van der Waals surface area contributed by atoms with Gasteiger partial charge in [-0.25, -0.2) is 0 Å². The number of guanidine groups is 1. The van der Waals surface area contributed by atoms with Crippen LogP contribution in [0.25, 0.3) is 0 Å². The van der Waals surface area contributed by atoms with E-state index >= 15 is 0 Å². The van der Waals surface area contributed by atoms with E-state index in [1.165, 1.54) is 30.6 Å². The highest BCUT2D eigenvalue weighted by Gasteiger charge is 2.22. The summed E-state index contributed by atoms with van der Waals surface area (Å²) in [5.41, 5.74) is 2.69. The fourth-order valence-electron chi connectivity index (χ4n) is 4.67. The number of nitrogens with zero attached hydrogens (tertiary/aromatic N) is 4. The molecule has 2 aromatic rings. The number of para-hydroxylation sites is 1. The van der Waals surface area contributed by atoms with E-state index in [-0.39, 0.29) is 6.10 Å². The van der Waals surface area contributed by atoms with Gasteiger partial charge in [-0.3, -0.25) is 9.89 Å². The lowest BCUT2D eigenvalue weighted by Gasteiger charge is -2.34. The molecule has 2 heterocycles. The molecule has 2 aliphatic rings. The first kappa shape index (κ1) is 23.6. The summed E-state index contributed by atoms with van der Waals surface area (Å²) in [6.45, 7) is 8.48. The van der Waals surface area contributed by atoms with E-state index in [9.17, 15) is 0 Å². The van der Waals surface area contributed by atoms with Gasteiger partial charge in [-0.05, 0) is 49.8 Å². The van der Waals surface area contributed by atoms with Crippen LogP contribution >= 0.6 is 0 Å². The number of likely N-dealkylation sites (tertiary alicyclic amines) is 1. The molecule has 2 aromatic carbocycles. The summed E-state index contributed by atoms with van der Waals surface area (Å²) >= 11 is 0. The topological polar surface area (TPSA) is 43.3 Å². The molecule has 178 valence electrons. The lowest BCUT2D eigenvalue weighted by molar-refractivity contribution is 0.129. The molecule has 0 unspecified atom stereocenters. The SMILES string of the molecule is CN=C(NCc1ccc(CN2CCCN(C)CC2)cc1)N1CCC(Oc2ccccc2)CC1. The molecular weight excluding hydrogens is 410 g/mol. The van der Waals surface area contributed by atoms with E-state index in [4.69, 9.17) is 4.74 Å². The Morgan fingerprint density at radius 3 is 2.36 bits per heavy atom. The van der Waals surface area contributed by atoms with E-state index in [0.717, 1.165) is 63.8 Å². The van der Waals surface area contributed by atoms with Gasteiger partial charge in [-0.2, -0.15) is 0 Å². The van der Waals surface area contributed by atoms with Crippen molar-refractivity contribution in [2.75, 3.05) is 53.4 Å². The largest absolute Gasteiger partial charge is 0.490 e. The van der Waals surface area contributed by atoms with Crippen molar-refractivity contribution in [1.29, 1.82) is 0 Å². The van der Waals surface area contributed by atoms with Gasteiger partial charge in [0.05, 0.1) is 0 Å². The molecule has 6 nitrogen and oxygen atoms in total. The van der Waals surface area contributed by atoms with Gasteiger partial charge in [-0.1, -0.05) is 42.5 Å². The first-order chi connectivity index (χ1) is 16.2. The van der Waals surface area contributed by atoms with Crippen LogP contribution in [0.15, 0.2) is 59.6 Å². The van der Waals surface area contributed by atoms with Crippen LogP contribution in [-0.4, -0.2) is 80.1 Å². The van der Waals surface area contributed by atoms with Crippen LogP contribution in [0.3, 0.4) is 0 Å². The number of ether oxygens (including phenoxy) is 1. The maximum absolute atomic E-state index is 6.13. The highest BCUT2D eigenvalue weighted by atomic mass is 16.5. The standard InChI is InChI=1S/C27H39N5O/c1-28-27(32-17-13-26(14-18-32)33-25-7-4-3-5-8-25)29-21-23-9-11-24(12-10-23)22-31-16-6-15-30(2)19-20-31/h3-5,7-12,26H,6,13-22H2,1-2H3,(H,28,29). The minimum Gasteiger partial charge on any atom is -0.490 e. The number of hydrogen-bond donors (Lipinski definition) is 1. The van der Waals surface area contributed by atoms with Crippen molar-refractivity contribution < 1.29 is 4.74 Å². The summed E-state index contributed by atoms with van der Waals surface area (Å²) in [4.78, 5) is 11.9. The molecule has 2 fully saturated rings. The minimum atomic E-state index is 0.277. The molecule has 0 bridgehead atoms. The van der Waals surface area contributed by atoms with E-state index in [1.807, 2.05) is 37.4 Å². The zero-order valence-corrected chi connectivity index (χ0v) is 20.2. The Kier molecular flexibility index (Phi) is 8.61. The molecule has 1 N–H and O–H groups in total. The fraction of sp³-hybridized carbons (Fsp3) is 0.519. The van der Waals surface area contributed by atoms with Crippen molar-refractivity contribution in [1.82, 2.24) is 20.0 Å². The van der Waals surface area contributed by atoms with Crippen molar-refractivity contribution in [3.05, 3.63) is 65.7 Å². The smallest absolute Gasteiger partial charge is 0.193 e. The van der Waals surface area contributed by atoms with Crippen LogP contribution < -0.4 is 10.1 Å². The first-order valence-corrected chi connectivity index (χ1v) is 12.4. The van der Waals surface area contributed by atoms with Crippen LogP contribution in [0.4, 0.5) is 0 Å².